The van der Waals surface area contributed by atoms with Crippen LogP contribution in [0, 0.1) is 5.82 Å². The average molecular weight is 394 g/mol. The first kappa shape index (κ1) is 17.9. The Morgan fingerprint density at radius 3 is 2.44 bits per heavy atom. The van der Waals surface area contributed by atoms with Gasteiger partial charge in [-0.2, -0.15) is 0 Å². The highest BCUT2D eigenvalue weighted by molar-refractivity contribution is 7.92. The number of nitrogens with zero attached hydrogens (tertiary/aromatic N) is 1. The van der Waals surface area contributed by atoms with Crippen LogP contribution in [0.4, 0.5) is 15.8 Å². The van der Waals surface area contributed by atoms with Crippen molar-refractivity contribution in [2.24, 2.45) is 0 Å². The van der Waals surface area contributed by atoms with Crippen molar-refractivity contribution in [3.63, 3.8) is 0 Å². The second-order valence-electron chi connectivity index (χ2n) is 6.17. The fourth-order valence-corrected chi connectivity index (χ4v) is 4.08. The Bertz CT molecular complexity index is 945. The molecule has 2 aromatic rings. The molecular weight excluding hydrogens is 375 g/mol. The molecular formula is C18H19FN2O5S. The van der Waals surface area contributed by atoms with E-state index >= 15 is 0 Å². The molecule has 27 heavy (non-hydrogen) atoms. The van der Waals surface area contributed by atoms with Crippen LogP contribution in [-0.2, 0) is 14.8 Å². The van der Waals surface area contributed by atoms with Gasteiger partial charge in [-0.1, -0.05) is 0 Å². The van der Waals surface area contributed by atoms with E-state index in [1.54, 1.807) is 6.07 Å². The number of fused-ring (bicyclic) bond motifs is 1. The lowest BCUT2D eigenvalue weighted by Gasteiger charge is -2.29. The van der Waals surface area contributed by atoms with Crippen LogP contribution in [-0.4, -0.2) is 47.9 Å². The summed E-state index contributed by atoms with van der Waals surface area (Å²) in [6.45, 7) is 3.25. The molecule has 1 saturated heterocycles. The second-order valence-corrected chi connectivity index (χ2v) is 7.86. The molecule has 9 heteroatoms. The van der Waals surface area contributed by atoms with Gasteiger partial charge in [0.15, 0.2) is 11.5 Å². The second kappa shape index (κ2) is 7.24. The fraction of sp³-hybridized carbons (Fsp3) is 0.333. The summed E-state index contributed by atoms with van der Waals surface area (Å²) in [6.07, 6.45) is 0. The maximum Gasteiger partial charge on any atom is 0.262 e. The first-order valence-corrected chi connectivity index (χ1v) is 10.1. The van der Waals surface area contributed by atoms with Crippen molar-refractivity contribution in [1.82, 2.24) is 0 Å². The molecule has 0 atom stereocenters. The molecule has 0 amide bonds. The third kappa shape index (κ3) is 3.79. The standard InChI is InChI=1S/C18H19FN2O5S/c19-15-3-1-13(21-5-7-24-8-6-21)11-16(15)20-27(22,23)14-2-4-17-18(12-14)26-10-9-25-17/h1-4,11-12,20H,5-10H2. The lowest BCUT2D eigenvalue weighted by Crippen LogP contribution is -2.36. The largest absolute Gasteiger partial charge is 0.486 e. The highest BCUT2D eigenvalue weighted by atomic mass is 32.2. The van der Waals surface area contributed by atoms with Gasteiger partial charge in [-0.3, -0.25) is 4.72 Å². The van der Waals surface area contributed by atoms with Gasteiger partial charge in [0.05, 0.1) is 23.8 Å². The summed E-state index contributed by atoms with van der Waals surface area (Å²) >= 11 is 0. The monoisotopic (exact) mass is 394 g/mol. The normalized spacial score (nSPS) is 16.9. The van der Waals surface area contributed by atoms with Crippen LogP contribution in [0.1, 0.15) is 0 Å². The van der Waals surface area contributed by atoms with Crippen molar-refractivity contribution < 1.29 is 27.0 Å². The van der Waals surface area contributed by atoms with Crippen LogP contribution in [0.2, 0.25) is 0 Å². The first-order chi connectivity index (χ1) is 13.0. The number of hydrogen-bond donors (Lipinski definition) is 1. The summed E-state index contributed by atoms with van der Waals surface area (Å²) in [7, 11) is -3.99. The average Bonchev–Trinajstić information content (AvgIpc) is 2.70. The van der Waals surface area contributed by atoms with Gasteiger partial charge in [-0.25, -0.2) is 12.8 Å². The van der Waals surface area contributed by atoms with Gasteiger partial charge < -0.3 is 19.1 Å². The van der Waals surface area contributed by atoms with Crippen LogP contribution in [0.15, 0.2) is 41.3 Å². The third-order valence-corrected chi connectivity index (χ3v) is 5.76. The zero-order chi connectivity index (χ0) is 18.9. The predicted octanol–water partition coefficient (Wildman–Crippen LogP) is 2.23. The van der Waals surface area contributed by atoms with E-state index in [0.29, 0.717) is 51.0 Å². The number of rotatable bonds is 4. The molecule has 0 saturated carbocycles. The zero-order valence-corrected chi connectivity index (χ0v) is 15.3. The Morgan fingerprint density at radius 2 is 1.67 bits per heavy atom. The Labute approximate surface area is 156 Å². The molecule has 2 aliphatic heterocycles. The van der Waals surface area contributed by atoms with Crippen molar-refractivity contribution in [3.8, 4) is 11.5 Å². The summed E-state index contributed by atoms with van der Waals surface area (Å²) in [5, 5.41) is 0. The van der Waals surface area contributed by atoms with Gasteiger partial charge in [0.1, 0.15) is 19.0 Å². The minimum absolute atomic E-state index is 0.0251. The molecule has 144 valence electrons. The lowest BCUT2D eigenvalue weighted by molar-refractivity contribution is 0.122. The summed E-state index contributed by atoms with van der Waals surface area (Å²) < 4.78 is 58.1. The molecule has 7 nitrogen and oxygen atoms in total. The molecule has 4 rings (SSSR count). The van der Waals surface area contributed by atoms with E-state index in [4.69, 9.17) is 14.2 Å². The van der Waals surface area contributed by atoms with Gasteiger partial charge in [-0.05, 0) is 30.3 Å². The van der Waals surface area contributed by atoms with E-state index in [2.05, 4.69) is 4.72 Å². The van der Waals surface area contributed by atoms with Gasteiger partial charge in [0.25, 0.3) is 10.0 Å². The molecule has 1 N–H and O–H groups in total. The van der Waals surface area contributed by atoms with Gasteiger partial charge in [0, 0.05) is 24.8 Å². The SMILES string of the molecule is O=S(=O)(Nc1cc(N2CCOCC2)ccc1F)c1ccc2c(c1)OCCO2. The van der Waals surface area contributed by atoms with Crippen LogP contribution in [0.5, 0.6) is 11.5 Å². The fourth-order valence-electron chi connectivity index (χ4n) is 3.00. The van der Waals surface area contributed by atoms with Crippen LogP contribution in [0.3, 0.4) is 0 Å². The molecule has 0 spiro atoms. The molecule has 0 aromatic heterocycles. The molecule has 0 aliphatic carbocycles. The van der Waals surface area contributed by atoms with Crippen molar-refractivity contribution in [3.05, 3.63) is 42.2 Å². The quantitative estimate of drug-likeness (QED) is 0.857. The lowest BCUT2D eigenvalue weighted by atomic mass is 10.2. The number of ether oxygens (including phenoxy) is 3. The predicted molar refractivity (Wildman–Crippen MR) is 97.7 cm³/mol. The van der Waals surface area contributed by atoms with Gasteiger partial charge in [-0.15, -0.1) is 0 Å². The van der Waals surface area contributed by atoms with E-state index in [9.17, 15) is 12.8 Å². The maximum atomic E-state index is 14.2. The van der Waals surface area contributed by atoms with Gasteiger partial charge >= 0.3 is 0 Å². The van der Waals surface area contributed by atoms with E-state index in [1.807, 2.05) is 4.90 Å². The van der Waals surface area contributed by atoms with Gasteiger partial charge in [0.2, 0.25) is 0 Å². The highest BCUT2D eigenvalue weighted by Gasteiger charge is 2.21. The number of sulfonamides is 1. The van der Waals surface area contributed by atoms with Crippen molar-refractivity contribution in [2.45, 2.75) is 4.90 Å². The minimum Gasteiger partial charge on any atom is -0.486 e. The third-order valence-electron chi connectivity index (χ3n) is 4.39. The Morgan fingerprint density at radius 1 is 0.926 bits per heavy atom. The number of halogens is 1. The first-order valence-electron chi connectivity index (χ1n) is 8.58. The Balaban J connectivity index is 1.60. The van der Waals surface area contributed by atoms with E-state index in [-0.39, 0.29) is 10.6 Å². The van der Waals surface area contributed by atoms with E-state index in [0.717, 1.165) is 5.69 Å². The molecule has 0 radical (unpaired) electrons. The highest BCUT2D eigenvalue weighted by Crippen LogP contribution is 2.33. The Hall–Kier alpha value is -2.52. The topological polar surface area (TPSA) is 77.1 Å². The van der Waals surface area contributed by atoms with E-state index in [1.165, 1.54) is 30.3 Å². The number of hydrogen-bond acceptors (Lipinski definition) is 6. The molecule has 0 bridgehead atoms. The number of benzene rings is 2. The summed E-state index contributed by atoms with van der Waals surface area (Å²) in [4.78, 5) is 1.99. The summed E-state index contributed by atoms with van der Waals surface area (Å²) in [6, 6.07) is 8.69. The number of morpholine rings is 1. The van der Waals surface area contributed by atoms with Crippen molar-refractivity contribution >= 4 is 21.4 Å². The maximum absolute atomic E-state index is 14.2. The number of anilines is 2. The molecule has 0 unspecified atom stereocenters. The van der Waals surface area contributed by atoms with Crippen LogP contribution < -0.4 is 19.1 Å². The molecule has 2 aromatic carbocycles. The summed E-state index contributed by atoms with van der Waals surface area (Å²) in [5.41, 5.74) is 0.633. The molecule has 2 heterocycles. The minimum atomic E-state index is -3.99. The number of nitrogens with one attached hydrogen (secondary N) is 1. The van der Waals surface area contributed by atoms with Crippen molar-refractivity contribution in [2.75, 3.05) is 49.1 Å². The smallest absolute Gasteiger partial charge is 0.262 e. The van der Waals surface area contributed by atoms with Crippen molar-refractivity contribution in [1.29, 1.82) is 0 Å². The zero-order valence-electron chi connectivity index (χ0n) is 14.5. The van der Waals surface area contributed by atoms with Crippen LogP contribution in [0.25, 0.3) is 0 Å². The molecule has 1 fully saturated rings. The van der Waals surface area contributed by atoms with Crippen LogP contribution >= 0.6 is 0 Å². The molecule has 2 aliphatic rings. The summed E-state index contributed by atoms with van der Waals surface area (Å²) in [5.74, 6) is 0.195. The van der Waals surface area contributed by atoms with E-state index < -0.39 is 15.8 Å². The Kier molecular flexibility index (Phi) is 4.79.